The number of halogens is 2. The van der Waals surface area contributed by atoms with Crippen LogP contribution in [0.15, 0.2) is 48.5 Å². The topological polar surface area (TPSA) is 36.9 Å². The molecular formula is C24H37BrClO4P. The van der Waals surface area contributed by atoms with Gasteiger partial charge in [-0.3, -0.25) is 4.29 Å². The van der Waals surface area contributed by atoms with Gasteiger partial charge in [0.05, 0.1) is 31.7 Å². The van der Waals surface area contributed by atoms with E-state index in [9.17, 15) is 0 Å². The van der Waals surface area contributed by atoms with E-state index in [4.69, 9.17) is 25.7 Å². The molecule has 0 amide bonds. The maximum Gasteiger partial charge on any atom is 0.215 e. The zero-order valence-electron chi connectivity index (χ0n) is 18.9. The molecule has 0 heterocycles. The number of hydrogen-bond donors (Lipinski definition) is 0. The molecule has 0 aliphatic heterocycles. The predicted molar refractivity (Wildman–Crippen MR) is 138 cm³/mol. The van der Waals surface area contributed by atoms with Crippen molar-refractivity contribution in [1.82, 2.24) is 0 Å². The van der Waals surface area contributed by atoms with Gasteiger partial charge in [0.1, 0.15) is 11.5 Å². The second-order valence-electron chi connectivity index (χ2n) is 7.09. The fourth-order valence-electron chi connectivity index (χ4n) is 2.41. The van der Waals surface area contributed by atoms with Crippen LogP contribution >= 0.6 is 37.9 Å². The van der Waals surface area contributed by atoms with E-state index in [2.05, 4.69) is 37.2 Å². The quantitative estimate of drug-likeness (QED) is 0.180. The minimum Gasteiger partial charge on any atom is -0.494 e. The molecule has 0 saturated carbocycles. The Morgan fingerprint density at radius 2 is 1.26 bits per heavy atom. The molecule has 7 heteroatoms. The zero-order valence-corrected chi connectivity index (χ0v) is 22.4. The molecule has 0 aromatic heterocycles. The number of aryl methyl sites for hydroxylation is 2. The Bertz CT molecular complexity index is 584. The predicted octanol–water partition coefficient (Wildman–Crippen LogP) is 8.38. The largest absolute Gasteiger partial charge is 0.494 e. The molecule has 1 atom stereocenters. The second kappa shape index (κ2) is 21.0. The minimum absolute atomic E-state index is 0. The van der Waals surface area contributed by atoms with Crippen molar-refractivity contribution in [2.45, 2.75) is 59.3 Å². The summed E-state index contributed by atoms with van der Waals surface area (Å²) in [6.45, 7) is 8.49. The Hall–Kier alpha value is -0.840. The van der Waals surface area contributed by atoms with Crippen LogP contribution in [0.1, 0.15) is 56.6 Å². The highest BCUT2D eigenvalue weighted by Gasteiger charge is 1.95. The highest BCUT2D eigenvalue weighted by atomic mass is 79.9. The Morgan fingerprint density at radius 1 is 0.710 bits per heavy atom. The lowest BCUT2D eigenvalue weighted by atomic mass is 10.2. The molecule has 0 radical (unpaired) electrons. The second-order valence-corrected chi connectivity index (χ2v) is 7.97. The lowest BCUT2D eigenvalue weighted by molar-refractivity contribution is 0.289. The average molecular weight is 536 g/mol. The lowest BCUT2D eigenvalue weighted by Crippen LogP contribution is -1.97. The summed E-state index contributed by atoms with van der Waals surface area (Å²) in [7, 11) is 0.118. The van der Waals surface area contributed by atoms with Crippen LogP contribution in [0.3, 0.4) is 0 Å². The Labute approximate surface area is 205 Å². The first-order valence-corrected chi connectivity index (χ1v) is 11.8. The highest BCUT2D eigenvalue weighted by Crippen LogP contribution is 2.22. The summed E-state index contributed by atoms with van der Waals surface area (Å²) in [5.74, 6) is 1.82. The SMILES string of the molecule is Br.CCCCCOPOc1ccc(C)cc1.Cc1ccc(OCCCCCOCl)cc1. The van der Waals surface area contributed by atoms with E-state index in [0.717, 1.165) is 50.4 Å². The van der Waals surface area contributed by atoms with Crippen LogP contribution in [0.4, 0.5) is 0 Å². The van der Waals surface area contributed by atoms with Gasteiger partial charge in [0.2, 0.25) is 9.03 Å². The monoisotopic (exact) mass is 534 g/mol. The number of rotatable bonds is 14. The van der Waals surface area contributed by atoms with E-state index >= 15 is 0 Å². The molecule has 0 fully saturated rings. The van der Waals surface area contributed by atoms with Gasteiger partial charge in [-0.05, 0) is 63.8 Å². The van der Waals surface area contributed by atoms with Crippen molar-refractivity contribution in [1.29, 1.82) is 0 Å². The third-order valence-electron chi connectivity index (χ3n) is 4.24. The molecule has 0 N–H and O–H groups in total. The Kier molecular flexibility index (Phi) is 20.5. The van der Waals surface area contributed by atoms with Crippen LogP contribution in [0.25, 0.3) is 0 Å². The highest BCUT2D eigenvalue weighted by molar-refractivity contribution is 8.93. The summed E-state index contributed by atoms with van der Waals surface area (Å²) in [5, 5.41) is 0. The summed E-state index contributed by atoms with van der Waals surface area (Å²) in [4.78, 5) is 0. The van der Waals surface area contributed by atoms with E-state index in [1.54, 1.807) is 0 Å². The summed E-state index contributed by atoms with van der Waals surface area (Å²) >= 11 is 5.09. The third-order valence-corrected chi connectivity index (χ3v) is 5.04. The molecule has 0 aliphatic carbocycles. The van der Waals surface area contributed by atoms with Crippen LogP contribution in [0.2, 0.25) is 0 Å². The van der Waals surface area contributed by atoms with Gasteiger partial charge in [0, 0.05) is 0 Å². The van der Waals surface area contributed by atoms with Gasteiger partial charge in [-0.2, -0.15) is 0 Å². The fourth-order valence-corrected chi connectivity index (χ4v) is 3.04. The Morgan fingerprint density at radius 3 is 1.84 bits per heavy atom. The van der Waals surface area contributed by atoms with Gasteiger partial charge in [-0.25, -0.2) is 0 Å². The molecule has 1 unspecified atom stereocenters. The van der Waals surface area contributed by atoms with Crippen LogP contribution in [-0.4, -0.2) is 19.8 Å². The average Bonchev–Trinajstić information content (AvgIpc) is 2.76. The summed E-state index contributed by atoms with van der Waals surface area (Å²) in [6, 6.07) is 16.1. The van der Waals surface area contributed by atoms with Gasteiger partial charge in [-0.15, -0.1) is 17.0 Å². The van der Waals surface area contributed by atoms with E-state index in [1.807, 2.05) is 36.4 Å². The maximum absolute atomic E-state index is 5.57. The van der Waals surface area contributed by atoms with Crippen LogP contribution in [0, 0.1) is 13.8 Å². The van der Waals surface area contributed by atoms with Gasteiger partial charge in [0.15, 0.2) is 0 Å². The molecule has 2 rings (SSSR count). The molecule has 31 heavy (non-hydrogen) atoms. The molecule has 176 valence electrons. The van der Waals surface area contributed by atoms with Gasteiger partial charge in [0.25, 0.3) is 0 Å². The summed E-state index contributed by atoms with van der Waals surface area (Å²) in [6.07, 6.45) is 6.69. The van der Waals surface area contributed by atoms with E-state index in [0.29, 0.717) is 6.61 Å². The summed E-state index contributed by atoms with van der Waals surface area (Å²) < 4.78 is 20.8. The van der Waals surface area contributed by atoms with Crippen molar-refractivity contribution in [3.8, 4) is 11.5 Å². The summed E-state index contributed by atoms with van der Waals surface area (Å²) in [5.41, 5.74) is 2.50. The first kappa shape index (κ1) is 30.2. The van der Waals surface area contributed by atoms with Crippen molar-refractivity contribution in [2.24, 2.45) is 0 Å². The molecular weight excluding hydrogens is 499 g/mol. The van der Waals surface area contributed by atoms with Crippen LogP contribution in [-0.2, 0) is 8.81 Å². The van der Waals surface area contributed by atoms with E-state index < -0.39 is 0 Å². The van der Waals surface area contributed by atoms with Crippen molar-refractivity contribution in [3.63, 3.8) is 0 Å². The Balaban J connectivity index is 0.000000562. The fraction of sp³-hybridized carbons (Fsp3) is 0.500. The molecule has 2 aromatic rings. The van der Waals surface area contributed by atoms with Crippen molar-refractivity contribution in [2.75, 3.05) is 19.8 Å². The number of unbranched alkanes of at least 4 members (excludes halogenated alkanes) is 4. The van der Waals surface area contributed by atoms with Gasteiger partial charge >= 0.3 is 0 Å². The molecule has 0 spiro atoms. The zero-order chi connectivity index (χ0) is 21.9. The molecule has 2 aromatic carbocycles. The number of ether oxygens (including phenoxy) is 1. The maximum atomic E-state index is 5.57. The van der Waals surface area contributed by atoms with Crippen molar-refractivity contribution >= 4 is 37.9 Å². The standard InChI is InChI=1S/C12H17ClO2.C12H19O2P.BrH/c1-11-5-7-12(8-6-11)14-9-3-2-4-10-15-13;1-3-4-5-10-13-15-14-12-8-6-11(2)7-9-12;/h5-8H,2-4,9-10H2,1H3;6-9,15H,3-5,10H2,1-2H3;1H. The van der Waals surface area contributed by atoms with Gasteiger partial charge in [-0.1, -0.05) is 55.2 Å². The molecule has 0 saturated heterocycles. The first-order chi connectivity index (χ1) is 14.7. The molecule has 0 bridgehead atoms. The van der Waals surface area contributed by atoms with Crippen molar-refractivity contribution in [3.05, 3.63) is 59.7 Å². The van der Waals surface area contributed by atoms with E-state index in [1.165, 1.54) is 24.0 Å². The molecule has 0 aliphatic rings. The lowest BCUT2D eigenvalue weighted by Gasteiger charge is -2.05. The normalized spacial score (nSPS) is 10.3. The van der Waals surface area contributed by atoms with Crippen molar-refractivity contribution < 1.29 is 18.1 Å². The minimum atomic E-state index is 0. The molecule has 4 nitrogen and oxygen atoms in total. The third kappa shape index (κ3) is 17.4. The smallest absolute Gasteiger partial charge is 0.215 e. The van der Waals surface area contributed by atoms with Crippen LogP contribution < -0.4 is 9.26 Å². The number of benzene rings is 2. The van der Waals surface area contributed by atoms with Crippen LogP contribution in [0.5, 0.6) is 11.5 Å². The number of hydrogen-bond acceptors (Lipinski definition) is 4. The first-order valence-electron chi connectivity index (χ1n) is 10.7. The van der Waals surface area contributed by atoms with Gasteiger partial charge < -0.3 is 13.8 Å². The van der Waals surface area contributed by atoms with E-state index in [-0.39, 0.29) is 26.0 Å².